The van der Waals surface area contributed by atoms with Crippen molar-refractivity contribution in [3.8, 4) is 0 Å². The van der Waals surface area contributed by atoms with Crippen LogP contribution in [0, 0.1) is 5.92 Å². The molecule has 2 unspecified atom stereocenters. The maximum Gasteiger partial charge on any atom is 0.306 e. The highest BCUT2D eigenvalue weighted by Gasteiger charge is 2.30. The molecular weight excluding hydrogens is 618 g/mol. The third-order valence-corrected chi connectivity index (χ3v) is 11.3. The van der Waals surface area contributed by atoms with E-state index in [1.165, 1.54) is 161 Å². The van der Waals surface area contributed by atoms with Crippen LogP contribution in [0.25, 0.3) is 0 Å². The van der Waals surface area contributed by atoms with Crippen LogP contribution in [0.3, 0.4) is 0 Å². The van der Waals surface area contributed by atoms with E-state index in [4.69, 9.17) is 9.47 Å². The molecule has 0 aromatic heterocycles. The second-order valence-electron chi connectivity index (χ2n) is 16.0. The Morgan fingerprint density at radius 2 is 1.02 bits per heavy atom. The smallest absolute Gasteiger partial charge is 0.306 e. The van der Waals surface area contributed by atoms with Crippen molar-refractivity contribution in [2.24, 2.45) is 5.92 Å². The van der Waals surface area contributed by atoms with Crippen LogP contribution in [0.4, 0.5) is 0 Å². The normalized spacial score (nSPS) is 16.4. The molecule has 0 amide bonds. The number of hydrogen-bond donors (Lipinski definition) is 0. The van der Waals surface area contributed by atoms with Crippen molar-refractivity contribution in [1.82, 2.24) is 4.90 Å². The molecule has 0 aromatic rings. The lowest BCUT2D eigenvalue weighted by molar-refractivity contribution is -0.150. The van der Waals surface area contributed by atoms with Crippen molar-refractivity contribution in [3.63, 3.8) is 0 Å². The zero-order valence-corrected chi connectivity index (χ0v) is 34.3. The predicted octanol–water partition coefficient (Wildman–Crippen LogP) is 13.7. The van der Waals surface area contributed by atoms with Gasteiger partial charge in [-0.15, -0.1) is 0 Å². The number of hydrogen-bond acceptors (Lipinski definition) is 5. The molecule has 296 valence electrons. The number of likely N-dealkylation sites (tertiary alicyclic amines) is 1. The molecule has 5 heteroatoms. The van der Waals surface area contributed by atoms with Gasteiger partial charge in [-0.2, -0.15) is 0 Å². The molecule has 1 saturated heterocycles. The van der Waals surface area contributed by atoms with Gasteiger partial charge in [0.05, 0.1) is 6.61 Å². The third kappa shape index (κ3) is 27.5. The summed E-state index contributed by atoms with van der Waals surface area (Å²) >= 11 is 0. The minimum atomic E-state index is 0.00136. The van der Waals surface area contributed by atoms with Crippen LogP contribution in [0.15, 0.2) is 0 Å². The number of ether oxygens (including phenoxy) is 2. The summed E-state index contributed by atoms with van der Waals surface area (Å²) in [6, 6.07) is 0.679. The first-order valence-electron chi connectivity index (χ1n) is 22.6. The lowest BCUT2D eigenvalue weighted by atomic mass is 9.96. The Labute approximate surface area is 312 Å². The summed E-state index contributed by atoms with van der Waals surface area (Å²) in [7, 11) is 0. The molecule has 5 nitrogen and oxygen atoms in total. The number of nitrogens with zero attached hydrogens (tertiary/aromatic N) is 1. The maximum atomic E-state index is 12.8. The molecule has 0 N–H and O–H groups in total. The van der Waals surface area contributed by atoms with E-state index < -0.39 is 0 Å². The van der Waals surface area contributed by atoms with Gasteiger partial charge in [-0.3, -0.25) is 9.59 Å². The van der Waals surface area contributed by atoms with Gasteiger partial charge in [0, 0.05) is 25.4 Å². The maximum absolute atomic E-state index is 12.8. The number of carbonyl (C=O) groups is 2. The third-order valence-electron chi connectivity index (χ3n) is 11.3. The molecule has 0 spiro atoms. The van der Waals surface area contributed by atoms with Crippen LogP contribution in [0.2, 0.25) is 0 Å². The van der Waals surface area contributed by atoms with E-state index in [-0.39, 0.29) is 18.0 Å². The Kier molecular flexibility index (Phi) is 32.8. The summed E-state index contributed by atoms with van der Waals surface area (Å²) < 4.78 is 11.6. The van der Waals surface area contributed by atoms with Crippen LogP contribution in [0.5, 0.6) is 0 Å². The molecule has 0 saturated carbocycles. The molecule has 0 aromatic carbocycles. The van der Waals surface area contributed by atoms with E-state index >= 15 is 0 Å². The molecule has 1 heterocycles. The fourth-order valence-electron chi connectivity index (χ4n) is 8.01. The van der Waals surface area contributed by atoms with Crippen molar-refractivity contribution in [3.05, 3.63) is 0 Å². The molecule has 0 aliphatic carbocycles. The van der Waals surface area contributed by atoms with Crippen LogP contribution in [-0.2, 0) is 19.1 Å². The van der Waals surface area contributed by atoms with Gasteiger partial charge in [-0.25, -0.2) is 0 Å². The number of rotatable bonds is 37. The van der Waals surface area contributed by atoms with E-state index in [0.29, 0.717) is 31.4 Å². The van der Waals surface area contributed by atoms with Gasteiger partial charge in [0.1, 0.15) is 6.10 Å². The molecular formula is C45H87NO4. The molecule has 1 aliphatic heterocycles. The first-order chi connectivity index (χ1) is 24.5. The van der Waals surface area contributed by atoms with E-state index in [9.17, 15) is 9.59 Å². The summed E-state index contributed by atoms with van der Waals surface area (Å²) in [4.78, 5) is 27.7. The lowest BCUT2D eigenvalue weighted by Crippen LogP contribution is -2.29. The van der Waals surface area contributed by atoms with E-state index in [1.54, 1.807) is 0 Å². The molecule has 1 aliphatic rings. The van der Waals surface area contributed by atoms with Crippen molar-refractivity contribution in [2.45, 2.75) is 252 Å². The number of esters is 2. The summed E-state index contributed by atoms with van der Waals surface area (Å²) in [6.07, 6.45) is 39.6. The largest absolute Gasteiger partial charge is 0.466 e. The van der Waals surface area contributed by atoms with E-state index in [0.717, 1.165) is 51.5 Å². The Hall–Kier alpha value is -1.10. The zero-order chi connectivity index (χ0) is 36.3. The van der Waals surface area contributed by atoms with Crippen LogP contribution in [-0.4, -0.2) is 48.7 Å². The number of carbonyl (C=O) groups excluding carboxylic acids is 2. The van der Waals surface area contributed by atoms with Crippen LogP contribution < -0.4 is 0 Å². The Morgan fingerprint density at radius 3 is 1.58 bits per heavy atom. The predicted molar refractivity (Wildman–Crippen MR) is 215 cm³/mol. The van der Waals surface area contributed by atoms with Crippen molar-refractivity contribution >= 4 is 11.9 Å². The van der Waals surface area contributed by atoms with Crippen LogP contribution in [0.1, 0.15) is 240 Å². The van der Waals surface area contributed by atoms with E-state index in [2.05, 4.69) is 32.6 Å². The summed E-state index contributed by atoms with van der Waals surface area (Å²) in [6.45, 7) is 12.0. The molecule has 50 heavy (non-hydrogen) atoms. The highest BCUT2D eigenvalue weighted by molar-refractivity contribution is 5.69. The number of unbranched alkanes of at least 4 members (excludes halogenated alkanes) is 21. The Morgan fingerprint density at radius 1 is 0.540 bits per heavy atom. The highest BCUT2D eigenvalue weighted by Crippen LogP contribution is 2.30. The van der Waals surface area contributed by atoms with Crippen molar-refractivity contribution in [2.75, 3.05) is 19.7 Å². The van der Waals surface area contributed by atoms with Gasteiger partial charge in [0.15, 0.2) is 0 Å². The van der Waals surface area contributed by atoms with Gasteiger partial charge in [0.25, 0.3) is 0 Å². The monoisotopic (exact) mass is 706 g/mol. The molecule has 0 bridgehead atoms. The SMILES string of the molecule is CCCCCCCCCCCOC(=O)CCCC1CC(CCCCCCC(=O)OC(CCCCCCCC)CCCCCCCC)N(CC)C1. The summed E-state index contributed by atoms with van der Waals surface area (Å²) in [5, 5.41) is 0. The molecule has 1 fully saturated rings. The van der Waals surface area contributed by atoms with Gasteiger partial charge in [-0.05, 0) is 76.7 Å². The average molecular weight is 706 g/mol. The Bertz CT molecular complexity index is 741. The summed E-state index contributed by atoms with van der Waals surface area (Å²) in [5.41, 5.74) is 0. The zero-order valence-electron chi connectivity index (χ0n) is 34.3. The molecule has 2 atom stereocenters. The first-order valence-corrected chi connectivity index (χ1v) is 22.6. The van der Waals surface area contributed by atoms with Crippen LogP contribution >= 0.6 is 0 Å². The van der Waals surface area contributed by atoms with E-state index in [1.807, 2.05) is 0 Å². The standard InChI is InChI=1S/C45H87NO4/c1-5-9-12-15-18-19-20-25-30-38-49-44(47)37-31-32-41-39-42(46(8-4)40-41)33-26-23-24-29-36-45(48)50-43(34-27-21-16-13-10-6-2)35-28-22-17-14-11-7-3/h41-43H,5-40H2,1-4H3. The second kappa shape index (κ2) is 35.0. The topological polar surface area (TPSA) is 55.8 Å². The fraction of sp³-hybridized carbons (Fsp3) is 0.956. The van der Waals surface area contributed by atoms with Gasteiger partial charge in [-0.1, -0.05) is 163 Å². The molecule has 1 rings (SSSR count). The van der Waals surface area contributed by atoms with Crippen molar-refractivity contribution in [1.29, 1.82) is 0 Å². The second-order valence-corrected chi connectivity index (χ2v) is 16.0. The quantitative estimate of drug-likeness (QED) is 0.0476. The first kappa shape index (κ1) is 46.9. The average Bonchev–Trinajstić information content (AvgIpc) is 3.51. The minimum absolute atomic E-state index is 0.00136. The lowest BCUT2D eigenvalue weighted by Gasteiger charge is -2.22. The van der Waals surface area contributed by atoms with Crippen molar-refractivity contribution < 1.29 is 19.1 Å². The van der Waals surface area contributed by atoms with Gasteiger partial charge >= 0.3 is 11.9 Å². The summed E-state index contributed by atoms with van der Waals surface area (Å²) in [5.74, 6) is 0.747. The van der Waals surface area contributed by atoms with Gasteiger partial charge < -0.3 is 14.4 Å². The molecule has 0 radical (unpaired) electrons. The minimum Gasteiger partial charge on any atom is -0.466 e. The Balaban J connectivity index is 2.16. The van der Waals surface area contributed by atoms with Gasteiger partial charge in [0.2, 0.25) is 0 Å². The fourth-order valence-corrected chi connectivity index (χ4v) is 8.01. The highest BCUT2D eigenvalue weighted by atomic mass is 16.5.